The van der Waals surface area contributed by atoms with Crippen LogP contribution in [0.15, 0.2) is 97.1 Å². The van der Waals surface area contributed by atoms with Gasteiger partial charge in [0.25, 0.3) is 0 Å². The Hall–Kier alpha value is -4.05. The average Bonchev–Trinajstić information content (AvgIpc) is 2.79. The lowest BCUT2D eigenvalue weighted by molar-refractivity contribution is 0.0698. The number of aromatic carboxylic acids is 1. The molecule has 0 amide bonds. The second-order valence-electron chi connectivity index (χ2n) is 6.92. The first-order valence-corrected chi connectivity index (χ1v) is 9.62. The van der Waals surface area contributed by atoms with Gasteiger partial charge in [-0.1, -0.05) is 78.9 Å². The van der Waals surface area contributed by atoms with Crippen molar-refractivity contribution in [2.24, 2.45) is 0 Å². The number of rotatable bonds is 6. The van der Waals surface area contributed by atoms with Crippen molar-refractivity contribution in [2.45, 2.75) is 6.61 Å². The number of carbonyl (C=O) groups is 1. The fourth-order valence-electron chi connectivity index (χ4n) is 3.43. The molecule has 0 aliphatic carbocycles. The SMILES string of the molecule is Nc1ccc(-c2ccccc2-c2ccccc2OCc2ccccc2)cc1C(=O)O. The zero-order chi connectivity index (χ0) is 20.9. The van der Waals surface area contributed by atoms with Crippen LogP contribution in [0.1, 0.15) is 15.9 Å². The van der Waals surface area contributed by atoms with E-state index in [0.29, 0.717) is 6.61 Å². The second kappa shape index (κ2) is 8.53. The van der Waals surface area contributed by atoms with Gasteiger partial charge in [-0.3, -0.25) is 0 Å². The van der Waals surface area contributed by atoms with Crippen molar-refractivity contribution in [2.75, 3.05) is 5.73 Å². The summed E-state index contributed by atoms with van der Waals surface area (Å²) in [5, 5.41) is 9.45. The zero-order valence-electron chi connectivity index (χ0n) is 16.3. The van der Waals surface area contributed by atoms with Gasteiger partial charge < -0.3 is 15.6 Å². The zero-order valence-corrected chi connectivity index (χ0v) is 16.3. The lowest BCUT2D eigenvalue weighted by Crippen LogP contribution is -2.02. The van der Waals surface area contributed by atoms with Crippen molar-refractivity contribution in [1.29, 1.82) is 0 Å². The number of carboxylic acids is 1. The van der Waals surface area contributed by atoms with Crippen LogP contribution in [0.25, 0.3) is 22.3 Å². The van der Waals surface area contributed by atoms with Gasteiger partial charge in [0, 0.05) is 11.3 Å². The van der Waals surface area contributed by atoms with Crippen molar-refractivity contribution in [3.05, 3.63) is 108 Å². The Labute approximate surface area is 175 Å². The third-order valence-electron chi connectivity index (χ3n) is 4.94. The van der Waals surface area contributed by atoms with Gasteiger partial charge in [0.15, 0.2) is 0 Å². The minimum absolute atomic E-state index is 0.0934. The quantitative estimate of drug-likeness (QED) is 0.400. The summed E-state index contributed by atoms with van der Waals surface area (Å²) in [7, 11) is 0. The lowest BCUT2D eigenvalue weighted by Gasteiger charge is -2.16. The molecular weight excluding hydrogens is 374 g/mol. The smallest absolute Gasteiger partial charge is 0.337 e. The molecule has 0 spiro atoms. The van der Waals surface area contributed by atoms with E-state index in [-0.39, 0.29) is 11.3 Å². The Balaban J connectivity index is 1.75. The predicted molar refractivity (Wildman–Crippen MR) is 119 cm³/mol. The normalized spacial score (nSPS) is 10.5. The Morgan fingerprint density at radius 2 is 1.40 bits per heavy atom. The summed E-state index contributed by atoms with van der Waals surface area (Å²) in [6, 6.07) is 30.8. The van der Waals surface area contributed by atoms with Crippen LogP contribution in [0.4, 0.5) is 5.69 Å². The van der Waals surface area contributed by atoms with Gasteiger partial charge in [-0.25, -0.2) is 4.79 Å². The van der Waals surface area contributed by atoms with Crippen LogP contribution in [0.3, 0.4) is 0 Å². The highest BCUT2D eigenvalue weighted by molar-refractivity contribution is 5.96. The summed E-state index contributed by atoms with van der Waals surface area (Å²) in [5.74, 6) is -0.277. The number of carboxylic acid groups (broad SMARTS) is 1. The van der Waals surface area contributed by atoms with Crippen LogP contribution in [-0.4, -0.2) is 11.1 Å². The third-order valence-corrected chi connectivity index (χ3v) is 4.94. The van der Waals surface area contributed by atoms with Gasteiger partial charge in [-0.05, 0) is 40.5 Å². The molecule has 4 aromatic carbocycles. The van der Waals surface area contributed by atoms with Crippen LogP contribution in [0, 0.1) is 0 Å². The number of nitrogens with two attached hydrogens (primary N) is 1. The third kappa shape index (κ3) is 4.03. The first-order valence-electron chi connectivity index (χ1n) is 9.62. The van der Waals surface area contributed by atoms with Gasteiger partial charge in [-0.2, -0.15) is 0 Å². The van der Waals surface area contributed by atoms with E-state index in [9.17, 15) is 9.90 Å². The molecule has 0 aliphatic heterocycles. The number of para-hydroxylation sites is 1. The fourth-order valence-corrected chi connectivity index (χ4v) is 3.43. The molecule has 3 N–H and O–H groups in total. The summed E-state index contributed by atoms with van der Waals surface area (Å²) in [6.45, 7) is 0.463. The highest BCUT2D eigenvalue weighted by Crippen LogP contribution is 2.38. The van der Waals surface area contributed by atoms with E-state index >= 15 is 0 Å². The molecule has 0 unspecified atom stereocenters. The van der Waals surface area contributed by atoms with Crippen LogP contribution >= 0.6 is 0 Å². The van der Waals surface area contributed by atoms with E-state index in [4.69, 9.17) is 10.5 Å². The van der Waals surface area contributed by atoms with Gasteiger partial charge >= 0.3 is 5.97 Å². The van der Waals surface area contributed by atoms with Gasteiger partial charge in [0.05, 0.1) is 5.56 Å². The first-order chi connectivity index (χ1) is 14.6. The lowest BCUT2D eigenvalue weighted by atomic mass is 9.93. The Kier molecular flexibility index (Phi) is 5.48. The van der Waals surface area contributed by atoms with Crippen molar-refractivity contribution in [3.63, 3.8) is 0 Å². The first kappa shape index (κ1) is 19.3. The molecule has 0 fully saturated rings. The maximum atomic E-state index is 11.5. The number of hydrogen-bond acceptors (Lipinski definition) is 3. The Morgan fingerprint density at radius 3 is 2.13 bits per heavy atom. The molecule has 4 aromatic rings. The summed E-state index contributed by atoms with van der Waals surface area (Å²) in [4.78, 5) is 11.5. The minimum Gasteiger partial charge on any atom is -0.488 e. The molecule has 4 rings (SSSR count). The van der Waals surface area contributed by atoms with E-state index < -0.39 is 5.97 Å². The van der Waals surface area contributed by atoms with E-state index in [1.807, 2.05) is 84.9 Å². The Morgan fingerprint density at radius 1 is 0.767 bits per heavy atom. The highest BCUT2D eigenvalue weighted by Gasteiger charge is 2.15. The second-order valence-corrected chi connectivity index (χ2v) is 6.92. The van der Waals surface area contributed by atoms with Crippen molar-refractivity contribution >= 4 is 11.7 Å². The molecular formula is C26H21NO3. The molecule has 0 atom stereocenters. The molecule has 4 nitrogen and oxygen atoms in total. The summed E-state index contributed by atoms with van der Waals surface area (Å²) in [5.41, 5.74) is 10.9. The van der Waals surface area contributed by atoms with E-state index in [0.717, 1.165) is 33.6 Å². The molecule has 30 heavy (non-hydrogen) atoms. The summed E-state index contributed by atoms with van der Waals surface area (Å²) in [6.07, 6.45) is 0. The number of benzene rings is 4. The average molecular weight is 395 g/mol. The minimum atomic E-state index is -1.04. The van der Waals surface area contributed by atoms with Crippen molar-refractivity contribution < 1.29 is 14.6 Å². The molecule has 148 valence electrons. The molecule has 0 aromatic heterocycles. The molecule has 0 saturated carbocycles. The molecule has 0 saturated heterocycles. The van der Waals surface area contributed by atoms with E-state index in [1.165, 1.54) is 0 Å². The monoisotopic (exact) mass is 395 g/mol. The fraction of sp³-hybridized carbons (Fsp3) is 0.0385. The molecule has 0 bridgehead atoms. The number of hydrogen-bond donors (Lipinski definition) is 2. The van der Waals surface area contributed by atoms with Crippen LogP contribution in [-0.2, 0) is 6.61 Å². The Bertz CT molecular complexity index is 1190. The standard InChI is InChI=1S/C26H21NO3/c27-24-15-14-19(16-23(24)26(28)29)20-10-4-5-11-21(20)22-12-6-7-13-25(22)30-17-18-8-2-1-3-9-18/h1-16H,17,27H2,(H,28,29). The van der Waals surface area contributed by atoms with Crippen LogP contribution in [0.2, 0.25) is 0 Å². The maximum absolute atomic E-state index is 11.5. The van der Waals surface area contributed by atoms with E-state index in [1.54, 1.807) is 12.1 Å². The topological polar surface area (TPSA) is 72.5 Å². The predicted octanol–water partition coefficient (Wildman–Crippen LogP) is 5.88. The number of ether oxygens (including phenoxy) is 1. The molecule has 4 heteroatoms. The molecule has 0 heterocycles. The largest absolute Gasteiger partial charge is 0.488 e. The molecule has 0 aliphatic rings. The van der Waals surface area contributed by atoms with Crippen LogP contribution in [0.5, 0.6) is 5.75 Å². The van der Waals surface area contributed by atoms with Crippen LogP contribution < -0.4 is 10.5 Å². The highest BCUT2D eigenvalue weighted by atomic mass is 16.5. The van der Waals surface area contributed by atoms with E-state index in [2.05, 4.69) is 0 Å². The number of nitrogen functional groups attached to an aromatic ring is 1. The summed E-state index contributed by atoms with van der Waals surface area (Å²) >= 11 is 0. The molecule has 0 radical (unpaired) electrons. The maximum Gasteiger partial charge on any atom is 0.337 e. The van der Waals surface area contributed by atoms with Gasteiger partial charge in [0.2, 0.25) is 0 Å². The number of anilines is 1. The summed E-state index contributed by atoms with van der Waals surface area (Å²) < 4.78 is 6.14. The van der Waals surface area contributed by atoms with Crippen molar-refractivity contribution in [1.82, 2.24) is 0 Å². The van der Waals surface area contributed by atoms with Crippen molar-refractivity contribution in [3.8, 4) is 28.0 Å². The van der Waals surface area contributed by atoms with Gasteiger partial charge in [-0.15, -0.1) is 0 Å². The van der Waals surface area contributed by atoms with Gasteiger partial charge in [0.1, 0.15) is 12.4 Å².